The van der Waals surface area contributed by atoms with Crippen molar-refractivity contribution < 1.29 is 22.9 Å². The average Bonchev–Trinajstić information content (AvgIpc) is 2.02. The number of hydrogen-bond acceptors (Lipinski definition) is 5. The number of Topliss-reactive ketones (excluding diaryl/α,β-unsaturated/α-hetero) is 1. The minimum absolute atomic E-state index is 0.237. The average molecular weight is 220 g/mol. The molecule has 0 aliphatic heterocycles. The highest BCUT2D eigenvalue weighted by Gasteiger charge is 2.37. The summed E-state index contributed by atoms with van der Waals surface area (Å²) in [6, 6.07) is 0. The summed E-state index contributed by atoms with van der Waals surface area (Å²) in [5.74, 6) is -0.832. The van der Waals surface area contributed by atoms with Crippen LogP contribution in [0, 0.1) is 0 Å². The van der Waals surface area contributed by atoms with Crippen molar-refractivity contribution in [1.29, 1.82) is 0 Å². The fourth-order valence-corrected chi connectivity index (χ4v) is 2.11. The molecule has 1 atom stereocenters. The molecule has 0 radical (unpaired) electrons. The molecule has 6 heteroatoms. The summed E-state index contributed by atoms with van der Waals surface area (Å²) in [5, 5.41) is 0. The van der Waals surface area contributed by atoms with E-state index in [1.807, 2.05) is 0 Å². The highest BCUT2D eigenvalue weighted by atomic mass is 28.4. The molecule has 0 bridgehead atoms. The SMILES string of the molecule is CCO[Si](C)(OC)OC(=O)CC(C)=O. The summed E-state index contributed by atoms with van der Waals surface area (Å²) in [4.78, 5) is 21.8. The van der Waals surface area contributed by atoms with Gasteiger partial charge in [0.25, 0.3) is 0 Å². The third kappa shape index (κ3) is 5.10. The zero-order chi connectivity index (χ0) is 11.2. The van der Waals surface area contributed by atoms with Crippen LogP contribution in [0.4, 0.5) is 0 Å². The molecule has 0 saturated carbocycles. The maximum Gasteiger partial charge on any atom is 0.564 e. The van der Waals surface area contributed by atoms with Crippen molar-refractivity contribution in [3.63, 3.8) is 0 Å². The van der Waals surface area contributed by atoms with Crippen molar-refractivity contribution in [3.8, 4) is 0 Å². The molecular formula is C8H16O5Si. The predicted molar refractivity (Wildman–Crippen MR) is 51.6 cm³/mol. The van der Waals surface area contributed by atoms with Gasteiger partial charge in [-0.15, -0.1) is 0 Å². The first-order valence-electron chi connectivity index (χ1n) is 4.34. The van der Waals surface area contributed by atoms with Crippen molar-refractivity contribution in [1.82, 2.24) is 0 Å². The molecule has 0 heterocycles. The Morgan fingerprint density at radius 2 is 1.93 bits per heavy atom. The Labute approximate surface area is 84.7 Å². The molecule has 0 amide bonds. The lowest BCUT2D eigenvalue weighted by Crippen LogP contribution is -2.43. The Bertz CT molecular complexity index is 218. The highest BCUT2D eigenvalue weighted by molar-refractivity contribution is 6.61. The second kappa shape index (κ2) is 5.89. The molecule has 14 heavy (non-hydrogen) atoms. The predicted octanol–water partition coefficient (Wildman–Crippen LogP) is 0.760. The van der Waals surface area contributed by atoms with Gasteiger partial charge >= 0.3 is 14.8 Å². The summed E-state index contributed by atoms with van der Waals surface area (Å²) in [7, 11) is -1.44. The van der Waals surface area contributed by atoms with Crippen LogP contribution in [0.1, 0.15) is 20.3 Å². The molecule has 0 aromatic rings. The van der Waals surface area contributed by atoms with Gasteiger partial charge in [-0.3, -0.25) is 9.59 Å². The first-order chi connectivity index (χ1) is 6.43. The first-order valence-corrected chi connectivity index (χ1v) is 6.56. The van der Waals surface area contributed by atoms with Crippen molar-refractivity contribution >= 4 is 20.6 Å². The summed E-state index contributed by atoms with van der Waals surface area (Å²) in [6.45, 7) is 5.12. The quantitative estimate of drug-likeness (QED) is 0.488. The maximum atomic E-state index is 11.1. The Morgan fingerprint density at radius 3 is 2.29 bits per heavy atom. The Kier molecular flexibility index (Phi) is 5.59. The molecule has 0 fully saturated rings. The van der Waals surface area contributed by atoms with Gasteiger partial charge < -0.3 is 13.3 Å². The highest BCUT2D eigenvalue weighted by Crippen LogP contribution is 2.09. The molecule has 0 N–H and O–H groups in total. The Balaban J connectivity index is 4.16. The van der Waals surface area contributed by atoms with Gasteiger partial charge in [-0.1, -0.05) is 0 Å². The lowest BCUT2D eigenvalue weighted by molar-refractivity contribution is -0.141. The summed E-state index contributed by atoms with van der Waals surface area (Å²) in [5.41, 5.74) is 0. The van der Waals surface area contributed by atoms with Gasteiger partial charge in [-0.05, 0) is 13.8 Å². The van der Waals surface area contributed by atoms with Gasteiger partial charge in [0.2, 0.25) is 0 Å². The van der Waals surface area contributed by atoms with Crippen LogP contribution in [-0.4, -0.2) is 34.3 Å². The summed E-state index contributed by atoms with van der Waals surface area (Å²) >= 11 is 0. The van der Waals surface area contributed by atoms with E-state index in [2.05, 4.69) is 0 Å². The van der Waals surface area contributed by atoms with E-state index in [1.54, 1.807) is 13.5 Å². The van der Waals surface area contributed by atoms with Crippen LogP contribution < -0.4 is 0 Å². The molecule has 0 aliphatic rings. The van der Waals surface area contributed by atoms with E-state index >= 15 is 0 Å². The van der Waals surface area contributed by atoms with Crippen LogP contribution in [0.2, 0.25) is 6.55 Å². The molecule has 0 aromatic heterocycles. The van der Waals surface area contributed by atoms with Crippen LogP contribution in [-0.2, 0) is 22.9 Å². The topological polar surface area (TPSA) is 61.8 Å². The summed E-state index contributed by atoms with van der Waals surface area (Å²) in [6.07, 6.45) is -0.237. The molecule has 1 unspecified atom stereocenters. The van der Waals surface area contributed by atoms with Gasteiger partial charge in [0.1, 0.15) is 12.2 Å². The van der Waals surface area contributed by atoms with E-state index in [-0.39, 0.29) is 12.2 Å². The molecule has 5 nitrogen and oxygen atoms in total. The third-order valence-electron chi connectivity index (χ3n) is 1.47. The molecular weight excluding hydrogens is 204 g/mol. The molecule has 0 aromatic carbocycles. The van der Waals surface area contributed by atoms with E-state index in [4.69, 9.17) is 13.3 Å². The zero-order valence-electron chi connectivity index (χ0n) is 8.96. The van der Waals surface area contributed by atoms with Crippen molar-refractivity contribution in [3.05, 3.63) is 0 Å². The third-order valence-corrected chi connectivity index (χ3v) is 3.62. The number of rotatable bonds is 6. The van der Waals surface area contributed by atoms with E-state index < -0.39 is 14.8 Å². The van der Waals surface area contributed by atoms with Crippen LogP contribution in [0.3, 0.4) is 0 Å². The van der Waals surface area contributed by atoms with E-state index in [0.717, 1.165) is 0 Å². The van der Waals surface area contributed by atoms with Crippen molar-refractivity contribution in [2.75, 3.05) is 13.7 Å². The lowest BCUT2D eigenvalue weighted by Gasteiger charge is -2.22. The van der Waals surface area contributed by atoms with Crippen LogP contribution >= 0.6 is 0 Å². The van der Waals surface area contributed by atoms with E-state index in [1.165, 1.54) is 14.0 Å². The Hall–Kier alpha value is -0.723. The van der Waals surface area contributed by atoms with E-state index in [9.17, 15) is 9.59 Å². The standard InChI is InChI=1S/C8H16O5Si/c1-5-12-14(4,11-3)13-8(10)6-7(2)9/h5-6H2,1-4H3. The van der Waals surface area contributed by atoms with E-state index in [0.29, 0.717) is 6.61 Å². The molecule has 82 valence electrons. The maximum absolute atomic E-state index is 11.1. The number of hydrogen-bond donors (Lipinski definition) is 0. The fraction of sp³-hybridized carbons (Fsp3) is 0.750. The van der Waals surface area contributed by atoms with Crippen molar-refractivity contribution in [2.24, 2.45) is 0 Å². The second-order valence-electron chi connectivity index (χ2n) is 2.85. The molecule has 0 spiro atoms. The first kappa shape index (κ1) is 13.3. The number of carbonyl (C=O) groups is 2. The van der Waals surface area contributed by atoms with Crippen molar-refractivity contribution in [2.45, 2.75) is 26.8 Å². The van der Waals surface area contributed by atoms with Crippen LogP contribution in [0.5, 0.6) is 0 Å². The Morgan fingerprint density at radius 1 is 1.36 bits per heavy atom. The second-order valence-corrected chi connectivity index (χ2v) is 5.48. The summed E-state index contributed by atoms with van der Waals surface area (Å²) < 4.78 is 15.2. The monoisotopic (exact) mass is 220 g/mol. The minimum atomic E-state index is -2.86. The van der Waals surface area contributed by atoms with Gasteiger partial charge in [0.05, 0.1) is 0 Å². The number of carbonyl (C=O) groups excluding carboxylic acids is 2. The van der Waals surface area contributed by atoms with Crippen LogP contribution in [0.25, 0.3) is 0 Å². The van der Waals surface area contributed by atoms with Crippen LogP contribution in [0.15, 0.2) is 0 Å². The lowest BCUT2D eigenvalue weighted by atomic mass is 10.3. The molecule has 0 aliphatic carbocycles. The fourth-order valence-electron chi connectivity index (χ4n) is 0.838. The smallest absolute Gasteiger partial charge is 0.473 e. The largest absolute Gasteiger partial charge is 0.564 e. The molecule has 0 rings (SSSR count). The van der Waals surface area contributed by atoms with Gasteiger partial charge in [-0.2, -0.15) is 0 Å². The normalized spacial score (nSPS) is 14.6. The minimum Gasteiger partial charge on any atom is -0.473 e. The van der Waals surface area contributed by atoms with Gasteiger partial charge in [0.15, 0.2) is 0 Å². The van der Waals surface area contributed by atoms with Gasteiger partial charge in [0, 0.05) is 20.3 Å². The number of ketones is 1. The molecule has 0 saturated heterocycles. The zero-order valence-corrected chi connectivity index (χ0v) is 9.96. The van der Waals surface area contributed by atoms with Gasteiger partial charge in [-0.25, -0.2) is 0 Å².